The number of aromatic nitrogens is 1. The SMILES string of the molecule is CC(C)(C)OC(=O)Nc1nc(Cl)ccc1S(N)(=O)=O. The molecule has 0 fully saturated rings. The number of anilines is 1. The number of halogens is 1. The predicted octanol–water partition coefficient (Wildman–Crippen LogP) is 1.73. The second-order valence-electron chi connectivity index (χ2n) is 4.65. The standard InChI is InChI=1S/C10H14ClN3O4S/c1-10(2,3)18-9(15)14-8-6(19(12,16)17)4-5-7(11)13-8/h4-5H,1-3H3,(H2,12,16,17)(H,13,14,15). The molecule has 0 bridgehead atoms. The normalized spacial score (nSPS) is 12.1. The van der Waals surface area contributed by atoms with E-state index in [4.69, 9.17) is 21.5 Å². The summed E-state index contributed by atoms with van der Waals surface area (Å²) in [5, 5.41) is 7.22. The van der Waals surface area contributed by atoms with Crippen molar-refractivity contribution in [2.75, 3.05) is 5.32 Å². The van der Waals surface area contributed by atoms with E-state index in [0.717, 1.165) is 6.07 Å². The second kappa shape index (κ2) is 5.32. The third-order valence-corrected chi connectivity index (χ3v) is 2.90. The fraction of sp³-hybridized carbons (Fsp3) is 0.400. The average molecular weight is 308 g/mol. The number of sulfonamides is 1. The monoisotopic (exact) mass is 307 g/mol. The van der Waals surface area contributed by atoms with Crippen LogP contribution in [0.15, 0.2) is 17.0 Å². The van der Waals surface area contributed by atoms with E-state index >= 15 is 0 Å². The molecular formula is C10H14ClN3O4S. The lowest BCUT2D eigenvalue weighted by molar-refractivity contribution is 0.0635. The predicted molar refractivity (Wildman–Crippen MR) is 70.5 cm³/mol. The molecule has 106 valence electrons. The maximum Gasteiger partial charge on any atom is 0.413 e. The van der Waals surface area contributed by atoms with Crippen LogP contribution in [-0.4, -0.2) is 25.1 Å². The molecule has 0 saturated carbocycles. The summed E-state index contributed by atoms with van der Waals surface area (Å²) in [6.45, 7) is 5.00. The molecule has 0 aromatic carbocycles. The minimum absolute atomic E-state index is 0.0125. The van der Waals surface area contributed by atoms with Crippen LogP contribution in [0.5, 0.6) is 0 Å². The fourth-order valence-electron chi connectivity index (χ4n) is 1.14. The van der Waals surface area contributed by atoms with E-state index in [1.54, 1.807) is 20.8 Å². The van der Waals surface area contributed by atoms with Crippen LogP contribution in [0.3, 0.4) is 0 Å². The Labute approximate surface area is 116 Å². The van der Waals surface area contributed by atoms with Gasteiger partial charge in [0.15, 0.2) is 5.82 Å². The van der Waals surface area contributed by atoms with Gasteiger partial charge in [-0.15, -0.1) is 0 Å². The summed E-state index contributed by atoms with van der Waals surface area (Å²) in [6.07, 6.45) is -0.854. The molecule has 3 N–H and O–H groups in total. The Morgan fingerprint density at radius 2 is 2.00 bits per heavy atom. The van der Waals surface area contributed by atoms with Gasteiger partial charge in [-0.3, -0.25) is 5.32 Å². The molecule has 1 amide bonds. The fourth-order valence-corrected chi connectivity index (χ4v) is 1.91. The zero-order valence-electron chi connectivity index (χ0n) is 10.6. The highest BCUT2D eigenvalue weighted by Gasteiger charge is 2.21. The zero-order chi connectivity index (χ0) is 14.8. The first-order valence-corrected chi connectivity index (χ1v) is 7.11. The number of hydrogen-bond donors (Lipinski definition) is 2. The van der Waals surface area contributed by atoms with Crippen LogP contribution >= 0.6 is 11.6 Å². The molecule has 7 nitrogen and oxygen atoms in total. The number of amides is 1. The molecule has 0 unspecified atom stereocenters. The first-order valence-electron chi connectivity index (χ1n) is 5.18. The van der Waals surface area contributed by atoms with Gasteiger partial charge in [0, 0.05) is 0 Å². The van der Waals surface area contributed by atoms with Gasteiger partial charge < -0.3 is 4.74 Å². The lowest BCUT2D eigenvalue weighted by Crippen LogP contribution is -2.28. The van der Waals surface area contributed by atoms with E-state index in [1.807, 2.05) is 0 Å². The largest absolute Gasteiger partial charge is 0.444 e. The first kappa shape index (κ1) is 15.7. The number of nitrogens with zero attached hydrogens (tertiary/aromatic N) is 1. The van der Waals surface area contributed by atoms with Gasteiger partial charge in [-0.25, -0.2) is 23.3 Å². The highest BCUT2D eigenvalue weighted by Crippen LogP contribution is 2.21. The van der Waals surface area contributed by atoms with Gasteiger partial charge in [0.25, 0.3) is 0 Å². The zero-order valence-corrected chi connectivity index (χ0v) is 12.2. The number of ether oxygens (including phenoxy) is 1. The van der Waals surface area contributed by atoms with E-state index in [2.05, 4.69) is 10.3 Å². The minimum Gasteiger partial charge on any atom is -0.444 e. The van der Waals surface area contributed by atoms with Gasteiger partial charge >= 0.3 is 6.09 Å². The van der Waals surface area contributed by atoms with Crippen LogP contribution in [0.2, 0.25) is 5.15 Å². The first-order chi connectivity index (χ1) is 8.49. The van der Waals surface area contributed by atoms with E-state index in [9.17, 15) is 13.2 Å². The maximum atomic E-state index is 11.6. The lowest BCUT2D eigenvalue weighted by Gasteiger charge is -2.19. The van der Waals surface area contributed by atoms with Gasteiger partial charge in [0.2, 0.25) is 10.0 Å². The van der Waals surface area contributed by atoms with Crippen LogP contribution in [0.4, 0.5) is 10.6 Å². The number of nitrogens with one attached hydrogen (secondary N) is 1. The Kier molecular flexibility index (Phi) is 4.39. The van der Waals surface area contributed by atoms with Crippen LogP contribution in [0.1, 0.15) is 20.8 Å². The summed E-state index contributed by atoms with van der Waals surface area (Å²) in [4.78, 5) is 14.9. The third-order valence-electron chi connectivity index (χ3n) is 1.75. The summed E-state index contributed by atoms with van der Waals surface area (Å²) in [5.41, 5.74) is -0.732. The molecule has 0 atom stereocenters. The van der Waals surface area contributed by atoms with Crippen molar-refractivity contribution in [1.82, 2.24) is 4.98 Å². The summed E-state index contributed by atoms with van der Waals surface area (Å²) in [7, 11) is -4.03. The summed E-state index contributed by atoms with van der Waals surface area (Å²) < 4.78 is 27.6. The highest BCUT2D eigenvalue weighted by molar-refractivity contribution is 7.89. The molecule has 0 aliphatic rings. The molecule has 1 heterocycles. The number of rotatable bonds is 2. The van der Waals surface area contributed by atoms with E-state index in [1.165, 1.54) is 6.07 Å². The maximum absolute atomic E-state index is 11.6. The van der Waals surface area contributed by atoms with E-state index in [0.29, 0.717) is 0 Å². The molecule has 1 rings (SSSR count). The Bertz CT molecular complexity index is 595. The molecule has 0 aliphatic heterocycles. The molecule has 0 aliphatic carbocycles. The summed E-state index contributed by atoms with van der Waals surface area (Å²) in [5.74, 6) is -0.274. The van der Waals surface area contributed by atoms with E-state index < -0.39 is 21.7 Å². The van der Waals surface area contributed by atoms with Crippen molar-refractivity contribution in [3.63, 3.8) is 0 Å². The number of primary sulfonamides is 1. The third kappa shape index (κ3) is 5.01. The lowest BCUT2D eigenvalue weighted by atomic mass is 10.2. The molecule has 0 radical (unpaired) electrons. The Morgan fingerprint density at radius 1 is 1.42 bits per heavy atom. The topological polar surface area (TPSA) is 111 Å². The second-order valence-corrected chi connectivity index (χ2v) is 6.57. The molecule has 19 heavy (non-hydrogen) atoms. The summed E-state index contributed by atoms with van der Waals surface area (Å²) in [6, 6.07) is 2.40. The van der Waals surface area contributed by atoms with Crippen LogP contribution in [-0.2, 0) is 14.8 Å². The number of carbonyl (C=O) groups excluding carboxylic acids is 1. The quantitative estimate of drug-likeness (QED) is 0.808. The molecule has 9 heteroatoms. The van der Waals surface area contributed by atoms with Gasteiger partial charge in [-0.1, -0.05) is 11.6 Å². The molecular weight excluding hydrogens is 294 g/mol. The molecule has 1 aromatic rings. The summed E-state index contributed by atoms with van der Waals surface area (Å²) >= 11 is 5.64. The van der Waals surface area contributed by atoms with Crippen LogP contribution < -0.4 is 10.5 Å². The Hall–Kier alpha value is -1.38. The van der Waals surface area contributed by atoms with Crippen molar-refractivity contribution in [1.29, 1.82) is 0 Å². The van der Waals surface area contributed by atoms with Crippen LogP contribution in [0, 0.1) is 0 Å². The van der Waals surface area contributed by atoms with Crippen molar-refractivity contribution in [2.45, 2.75) is 31.3 Å². The van der Waals surface area contributed by atoms with Gasteiger partial charge in [0.1, 0.15) is 15.6 Å². The van der Waals surface area contributed by atoms with Crippen molar-refractivity contribution >= 4 is 33.5 Å². The Balaban J connectivity index is 3.07. The van der Waals surface area contributed by atoms with Gasteiger partial charge in [-0.2, -0.15) is 0 Å². The smallest absolute Gasteiger partial charge is 0.413 e. The van der Waals surface area contributed by atoms with Crippen molar-refractivity contribution in [3.8, 4) is 0 Å². The van der Waals surface area contributed by atoms with Crippen molar-refractivity contribution in [2.24, 2.45) is 5.14 Å². The number of carbonyl (C=O) groups is 1. The van der Waals surface area contributed by atoms with Crippen LogP contribution in [0.25, 0.3) is 0 Å². The minimum atomic E-state index is -4.03. The number of pyridine rings is 1. The molecule has 0 saturated heterocycles. The van der Waals surface area contributed by atoms with Crippen molar-refractivity contribution in [3.05, 3.63) is 17.3 Å². The average Bonchev–Trinajstić information content (AvgIpc) is 2.11. The van der Waals surface area contributed by atoms with Crippen molar-refractivity contribution < 1.29 is 17.9 Å². The van der Waals surface area contributed by atoms with Gasteiger partial charge in [-0.05, 0) is 32.9 Å². The number of hydrogen-bond acceptors (Lipinski definition) is 5. The van der Waals surface area contributed by atoms with Gasteiger partial charge in [0.05, 0.1) is 0 Å². The molecule has 1 aromatic heterocycles. The molecule has 0 spiro atoms. The van der Waals surface area contributed by atoms with E-state index in [-0.39, 0.29) is 15.9 Å². The Morgan fingerprint density at radius 3 is 2.47 bits per heavy atom. The number of nitrogens with two attached hydrogens (primary N) is 1. The highest BCUT2D eigenvalue weighted by atomic mass is 35.5.